The number of nitrogens with one attached hydrogen (secondary N) is 1. The number of carbonyl (C=O) groups excluding carboxylic acids is 3. The lowest BCUT2D eigenvalue weighted by molar-refractivity contribution is -0.151. The second-order valence-electron chi connectivity index (χ2n) is 9.51. The van der Waals surface area contributed by atoms with Crippen molar-refractivity contribution in [1.29, 1.82) is 0 Å². The molecule has 180 valence electrons. The van der Waals surface area contributed by atoms with Crippen LogP contribution < -0.4 is 5.32 Å². The summed E-state index contributed by atoms with van der Waals surface area (Å²) in [6.07, 6.45) is 5.61. The number of para-hydroxylation sites is 1. The van der Waals surface area contributed by atoms with Crippen LogP contribution in [-0.4, -0.2) is 35.0 Å². The van der Waals surface area contributed by atoms with Gasteiger partial charge in [0, 0.05) is 17.5 Å². The number of unbranched alkanes of at least 4 members (excludes halogenated alkanes) is 4. The van der Waals surface area contributed by atoms with E-state index in [0.29, 0.717) is 24.9 Å². The second-order valence-corrected chi connectivity index (χ2v) is 9.51. The average molecular weight is 448 g/mol. The van der Waals surface area contributed by atoms with Gasteiger partial charge in [-0.2, -0.15) is 0 Å². The number of rotatable bonds is 15. The molecule has 32 heavy (non-hydrogen) atoms. The van der Waals surface area contributed by atoms with Gasteiger partial charge in [-0.1, -0.05) is 71.6 Å². The Bertz CT molecular complexity index is 696. The number of ketones is 1. The Morgan fingerprint density at radius 3 is 2.25 bits per heavy atom. The maximum Gasteiger partial charge on any atom is 0.315 e. The van der Waals surface area contributed by atoms with Crippen LogP contribution in [0.1, 0.15) is 91.9 Å². The molecule has 2 unspecified atom stereocenters. The molecule has 1 aromatic carbocycles. The maximum atomic E-state index is 12.3. The molecule has 0 fully saturated rings. The Morgan fingerprint density at radius 1 is 0.969 bits per heavy atom. The Morgan fingerprint density at radius 2 is 1.62 bits per heavy atom. The molecule has 0 saturated heterocycles. The third-order valence-corrected chi connectivity index (χ3v) is 5.37. The monoisotopic (exact) mass is 447 g/mol. The van der Waals surface area contributed by atoms with Gasteiger partial charge in [0.2, 0.25) is 5.91 Å². The van der Waals surface area contributed by atoms with Gasteiger partial charge in [-0.3, -0.25) is 14.4 Å². The van der Waals surface area contributed by atoms with Crippen molar-refractivity contribution in [3.05, 3.63) is 30.3 Å². The van der Waals surface area contributed by atoms with Crippen molar-refractivity contribution in [2.24, 2.45) is 5.41 Å². The highest BCUT2D eigenvalue weighted by Gasteiger charge is 2.25. The molecule has 0 bridgehead atoms. The van der Waals surface area contributed by atoms with Gasteiger partial charge in [0.05, 0.1) is 6.10 Å². The summed E-state index contributed by atoms with van der Waals surface area (Å²) < 4.78 is 5.59. The lowest BCUT2D eigenvalue weighted by atomic mass is 9.87. The van der Waals surface area contributed by atoms with Gasteiger partial charge in [-0.05, 0) is 37.8 Å². The predicted molar refractivity (Wildman–Crippen MR) is 127 cm³/mol. The van der Waals surface area contributed by atoms with Crippen molar-refractivity contribution < 1.29 is 24.2 Å². The molecule has 1 amide bonds. The summed E-state index contributed by atoms with van der Waals surface area (Å²) in [5.74, 6) is -0.980. The molecule has 2 atom stereocenters. The summed E-state index contributed by atoms with van der Waals surface area (Å²) in [5.41, 5.74) is 0.141. The third-order valence-electron chi connectivity index (χ3n) is 5.37. The van der Waals surface area contributed by atoms with Crippen LogP contribution in [0, 0.1) is 5.41 Å². The second kappa shape index (κ2) is 14.8. The number of carbonyl (C=O) groups is 3. The van der Waals surface area contributed by atoms with E-state index in [1.165, 1.54) is 6.42 Å². The quantitative estimate of drug-likeness (QED) is 0.212. The summed E-state index contributed by atoms with van der Waals surface area (Å²) in [5, 5.41) is 13.0. The zero-order valence-corrected chi connectivity index (χ0v) is 20.2. The maximum absolute atomic E-state index is 12.3. The van der Waals surface area contributed by atoms with Crippen LogP contribution in [0.5, 0.6) is 0 Å². The highest BCUT2D eigenvalue weighted by atomic mass is 16.5. The minimum Gasteiger partial charge on any atom is -0.462 e. The first-order chi connectivity index (χ1) is 15.1. The van der Waals surface area contributed by atoms with Crippen LogP contribution in [0.4, 0.5) is 5.69 Å². The number of anilines is 1. The van der Waals surface area contributed by atoms with Crippen LogP contribution in [-0.2, 0) is 19.1 Å². The normalized spacial score (nSPS) is 13.3. The molecule has 0 aromatic heterocycles. The molecule has 0 saturated carbocycles. The van der Waals surface area contributed by atoms with Crippen LogP contribution in [0.2, 0.25) is 0 Å². The van der Waals surface area contributed by atoms with Gasteiger partial charge in [-0.25, -0.2) is 0 Å². The number of hydrogen-bond donors (Lipinski definition) is 2. The molecule has 0 aliphatic rings. The van der Waals surface area contributed by atoms with Gasteiger partial charge in [0.1, 0.15) is 18.3 Å². The lowest BCUT2D eigenvalue weighted by Crippen LogP contribution is -2.27. The predicted octanol–water partition coefficient (Wildman–Crippen LogP) is 5.43. The van der Waals surface area contributed by atoms with E-state index in [1.807, 2.05) is 26.8 Å². The largest absolute Gasteiger partial charge is 0.462 e. The van der Waals surface area contributed by atoms with E-state index in [4.69, 9.17) is 4.74 Å². The van der Waals surface area contributed by atoms with E-state index < -0.39 is 23.4 Å². The first-order valence-corrected chi connectivity index (χ1v) is 11.9. The Kier molecular flexibility index (Phi) is 12.8. The van der Waals surface area contributed by atoms with Gasteiger partial charge in [0.25, 0.3) is 0 Å². The first-order valence-electron chi connectivity index (χ1n) is 11.9. The molecule has 0 spiro atoms. The Balaban J connectivity index is 2.54. The molecule has 0 heterocycles. The summed E-state index contributed by atoms with van der Waals surface area (Å²) in [4.78, 5) is 36.6. The SMILES string of the molecule is CCCCCCCC(CCC(O)CC(=O)C(C)(C)C)OC(=O)CC(=O)Nc1ccccc1. The molecule has 6 nitrogen and oxygen atoms in total. The van der Waals surface area contributed by atoms with Crippen molar-refractivity contribution in [3.8, 4) is 0 Å². The zero-order chi connectivity index (χ0) is 24.0. The van der Waals surface area contributed by atoms with E-state index in [9.17, 15) is 19.5 Å². The first kappa shape index (κ1) is 27.8. The van der Waals surface area contributed by atoms with Crippen LogP contribution in [0.25, 0.3) is 0 Å². The number of esters is 1. The van der Waals surface area contributed by atoms with Crippen molar-refractivity contribution in [2.75, 3.05) is 5.32 Å². The Hall–Kier alpha value is -2.21. The summed E-state index contributed by atoms with van der Waals surface area (Å²) in [7, 11) is 0. The minimum atomic E-state index is -0.760. The van der Waals surface area contributed by atoms with Crippen molar-refractivity contribution >= 4 is 23.3 Å². The lowest BCUT2D eigenvalue weighted by Gasteiger charge is -2.22. The zero-order valence-electron chi connectivity index (χ0n) is 20.2. The fourth-order valence-corrected chi connectivity index (χ4v) is 3.32. The fraction of sp³-hybridized carbons (Fsp3) is 0.654. The van der Waals surface area contributed by atoms with E-state index in [0.717, 1.165) is 25.7 Å². The highest BCUT2D eigenvalue weighted by molar-refractivity contribution is 6.01. The number of benzene rings is 1. The number of hydrogen-bond acceptors (Lipinski definition) is 5. The molecule has 6 heteroatoms. The highest BCUT2D eigenvalue weighted by Crippen LogP contribution is 2.21. The number of aliphatic hydroxyl groups is 1. The molecule has 0 radical (unpaired) electrons. The summed E-state index contributed by atoms with van der Waals surface area (Å²) >= 11 is 0. The van der Waals surface area contributed by atoms with Gasteiger partial charge in [-0.15, -0.1) is 0 Å². The van der Waals surface area contributed by atoms with Crippen molar-refractivity contribution in [3.63, 3.8) is 0 Å². The molecular weight excluding hydrogens is 406 g/mol. The minimum absolute atomic E-state index is 0.00990. The van der Waals surface area contributed by atoms with Gasteiger partial charge >= 0.3 is 5.97 Å². The summed E-state index contributed by atoms with van der Waals surface area (Å²) in [6.45, 7) is 7.67. The van der Waals surface area contributed by atoms with Crippen LogP contribution >= 0.6 is 0 Å². The molecule has 2 N–H and O–H groups in total. The molecular formula is C26H41NO5. The van der Waals surface area contributed by atoms with Crippen molar-refractivity contribution in [1.82, 2.24) is 0 Å². The van der Waals surface area contributed by atoms with Crippen LogP contribution in [0.3, 0.4) is 0 Å². The average Bonchev–Trinajstić information content (AvgIpc) is 2.71. The Labute approximate surface area is 193 Å². The number of Topliss-reactive ketones (excluding diaryl/α,β-unsaturated/α-hetero) is 1. The van der Waals surface area contributed by atoms with Gasteiger partial charge in [0.15, 0.2) is 0 Å². The van der Waals surface area contributed by atoms with Crippen LogP contribution in [0.15, 0.2) is 30.3 Å². The van der Waals surface area contributed by atoms with E-state index in [-0.39, 0.29) is 24.7 Å². The standard InChI is InChI=1S/C26H41NO5/c1-5-6-7-8-12-15-22(17-16-21(28)18-23(29)26(2,3)4)32-25(31)19-24(30)27-20-13-10-9-11-14-20/h9-11,13-14,21-22,28H,5-8,12,15-19H2,1-4H3,(H,27,30). The number of amides is 1. The molecule has 1 aromatic rings. The molecule has 0 aliphatic carbocycles. The van der Waals surface area contributed by atoms with E-state index >= 15 is 0 Å². The smallest absolute Gasteiger partial charge is 0.315 e. The fourth-order valence-electron chi connectivity index (χ4n) is 3.32. The third kappa shape index (κ3) is 12.6. The van der Waals surface area contributed by atoms with Crippen molar-refractivity contribution in [2.45, 2.75) is 104 Å². The molecule has 0 aliphatic heterocycles. The summed E-state index contributed by atoms with van der Waals surface area (Å²) in [6, 6.07) is 8.96. The number of aliphatic hydroxyl groups excluding tert-OH is 1. The van der Waals surface area contributed by atoms with E-state index in [2.05, 4.69) is 12.2 Å². The number of ether oxygens (including phenoxy) is 1. The van der Waals surface area contributed by atoms with E-state index in [1.54, 1.807) is 24.3 Å². The van der Waals surface area contributed by atoms with Gasteiger partial charge < -0.3 is 15.2 Å². The molecule has 1 rings (SSSR count). The topological polar surface area (TPSA) is 92.7 Å².